The van der Waals surface area contributed by atoms with Gasteiger partial charge in [0.25, 0.3) is 0 Å². The minimum absolute atomic E-state index is 0.139. The summed E-state index contributed by atoms with van der Waals surface area (Å²) in [6.07, 6.45) is 0. The number of rotatable bonds is 6. The van der Waals surface area contributed by atoms with Gasteiger partial charge in [-0.25, -0.2) is 0 Å². The Hall–Kier alpha value is -0.260. The summed E-state index contributed by atoms with van der Waals surface area (Å²) in [5, 5.41) is 7.01. The Labute approximate surface area is 70.9 Å². The number of amidine groups is 1. The van der Waals surface area contributed by atoms with E-state index in [0.29, 0.717) is 19.8 Å². The lowest BCUT2D eigenvalue weighted by Gasteiger charge is -2.01. The summed E-state index contributed by atoms with van der Waals surface area (Å²) in [4.78, 5) is 0. The number of ether oxygens (including phenoxy) is 2. The Morgan fingerprint density at radius 3 is 2.73 bits per heavy atom. The van der Waals surface area contributed by atoms with Crippen molar-refractivity contribution in [3.05, 3.63) is 0 Å². The molecule has 0 aliphatic rings. The Morgan fingerprint density at radius 1 is 1.45 bits per heavy atom. The summed E-state index contributed by atoms with van der Waals surface area (Å²) in [6.45, 7) is 1.84. The van der Waals surface area contributed by atoms with Crippen LogP contribution in [0.4, 0.5) is 0 Å². The van der Waals surface area contributed by atoms with Crippen LogP contribution >= 0.6 is 11.8 Å². The second kappa shape index (κ2) is 7.84. The molecule has 0 rings (SSSR count). The molecule has 0 heterocycles. The molecule has 0 saturated heterocycles. The van der Waals surface area contributed by atoms with E-state index in [0.717, 1.165) is 5.75 Å². The van der Waals surface area contributed by atoms with Crippen LogP contribution in [0.3, 0.4) is 0 Å². The Balaban J connectivity index is 2.85. The van der Waals surface area contributed by atoms with Gasteiger partial charge in [0.15, 0.2) is 5.17 Å². The summed E-state index contributed by atoms with van der Waals surface area (Å²) >= 11 is 1.28. The number of nitrogens with one attached hydrogen (secondary N) is 1. The zero-order valence-corrected chi connectivity index (χ0v) is 7.45. The van der Waals surface area contributed by atoms with Crippen molar-refractivity contribution in [1.82, 2.24) is 0 Å². The highest BCUT2D eigenvalue weighted by Crippen LogP contribution is 1.96. The van der Waals surface area contributed by atoms with E-state index in [1.807, 2.05) is 0 Å². The molecule has 0 aromatic carbocycles. The van der Waals surface area contributed by atoms with Gasteiger partial charge in [-0.05, 0) is 0 Å². The number of hydrogen-bond donors (Lipinski definition) is 2. The topological polar surface area (TPSA) is 68.3 Å². The van der Waals surface area contributed by atoms with E-state index in [9.17, 15) is 0 Å². The first-order valence-corrected chi connectivity index (χ1v) is 4.29. The molecule has 0 aliphatic heterocycles. The van der Waals surface area contributed by atoms with Gasteiger partial charge in [-0.1, -0.05) is 11.8 Å². The fourth-order valence-corrected chi connectivity index (χ4v) is 0.876. The number of hydrogen-bond acceptors (Lipinski definition) is 4. The molecule has 0 saturated carbocycles. The maximum atomic E-state index is 6.87. The van der Waals surface area contributed by atoms with Crippen molar-refractivity contribution in [1.29, 1.82) is 5.41 Å². The fourth-order valence-electron chi connectivity index (χ4n) is 0.455. The zero-order chi connectivity index (χ0) is 8.53. The van der Waals surface area contributed by atoms with E-state index in [2.05, 4.69) is 0 Å². The van der Waals surface area contributed by atoms with Crippen molar-refractivity contribution < 1.29 is 9.47 Å². The standard InChI is InChI=1S/C6H14N2O2S/c1-9-2-3-10-4-5-11-6(7)8/h2-5H2,1H3,(H3,7,8). The summed E-state index contributed by atoms with van der Waals surface area (Å²) in [6, 6.07) is 0. The highest BCUT2D eigenvalue weighted by atomic mass is 32.2. The minimum atomic E-state index is 0.139. The lowest BCUT2D eigenvalue weighted by atomic mass is 10.7. The lowest BCUT2D eigenvalue weighted by Crippen LogP contribution is -2.09. The van der Waals surface area contributed by atoms with Crippen LogP contribution < -0.4 is 5.73 Å². The van der Waals surface area contributed by atoms with Gasteiger partial charge in [-0.3, -0.25) is 5.41 Å². The molecule has 0 aromatic heterocycles. The number of thioether (sulfide) groups is 1. The summed E-state index contributed by atoms with van der Waals surface area (Å²) < 4.78 is 9.90. The molecule has 0 radical (unpaired) electrons. The van der Waals surface area contributed by atoms with Gasteiger partial charge in [0.2, 0.25) is 0 Å². The number of nitrogens with two attached hydrogens (primary N) is 1. The van der Waals surface area contributed by atoms with Gasteiger partial charge in [-0.15, -0.1) is 0 Å². The van der Waals surface area contributed by atoms with Crippen molar-refractivity contribution in [3.63, 3.8) is 0 Å². The molecule has 0 aromatic rings. The smallest absolute Gasteiger partial charge is 0.151 e. The van der Waals surface area contributed by atoms with Crippen LogP contribution in [0.25, 0.3) is 0 Å². The Morgan fingerprint density at radius 2 is 2.18 bits per heavy atom. The average Bonchev–Trinajstić information content (AvgIpc) is 1.96. The van der Waals surface area contributed by atoms with E-state index in [4.69, 9.17) is 20.6 Å². The van der Waals surface area contributed by atoms with Crippen LogP contribution in [0.2, 0.25) is 0 Å². The molecule has 0 spiro atoms. The first-order chi connectivity index (χ1) is 5.27. The molecule has 66 valence electrons. The molecule has 0 atom stereocenters. The van der Waals surface area contributed by atoms with Gasteiger partial charge in [0, 0.05) is 12.9 Å². The highest BCUT2D eigenvalue weighted by molar-refractivity contribution is 8.13. The molecule has 0 amide bonds. The maximum absolute atomic E-state index is 6.87. The van der Waals surface area contributed by atoms with Crippen molar-refractivity contribution >= 4 is 16.9 Å². The predicted octanol–water partition coefficient (Wildman–Crippen LogP) is 0.276. The predicted molar refractivity (Wildman–Crippen MR) is 47.1 cm³/mol. The van der Waals surface area contributed by atoms with Gasteiger partial charge in [0.1, 0.15) is 0 Å². The van der Waals surface area contributed by atoms with Crippen molar-refractivity contribution in [2.75, 3.05) is 32.7 Å². The maximum Gasteiger partial charge on any atom is 0.151 e. The summed E-state index contributed by atoms with van der Waals surface area (Å²) in [7, 11) is 1.63. The molecule has 0 bridgehead atoms. The quantitative estimate of drug-likeness (QED) is 0.348. The monoisotopic (exact) mass is 178 g/mol. The molecule has 11 heavy (non-hydrogen) atoms. The van der Waals surface area contributed by atoms with E-state index in [1.165, 1.54) is 11.8 Å². The molecular formula is C6H14N2O2S. The van der Waals surface area contributed by atoms with Crippen molar-refractivity contribution in [2.24, 2.45) is 5.73 Å². The van der Waals surface area contributed by atoms with Crippen LogP contribution in [0.1, 0.15) is 0 Å². The molecule has 3 N–H and O–H groups in total. The highest BCUT2D eigenvalue weighted by Gasteiger charge is 1.90. The van der Waals surface area contributed by atoms with Gasteiger partial charge in [-0.2, -0.15) is 0 Å². The molecule has 5 heteroatoms. The normalized spacial score (nSPS) is 9.91. The van der Waals surface area contributed by atoms with Crippen LogP contribution in [0.5, 0.6) is 0 Å². The second-order valence-electron chi connectivity index (χ2n) is 1.82. The first-order valence-electron chi connectivity index (χ1n) is 3.31. The zero-order valence-electron chi connectivity index (χ0n) is 6.63. The first kappa shape index (κ1) is 10.7. The van der Waals surface area contributed by atoms with Crippen molar-refractivity contribution in [2.45, 2.75) is 0 Å². The van der Waals surface area contributed by atoms with Crippen LogP contribution in [0.15, 0.2) is 0 Å². The summed E-state index contributed by atoms with van der Waals surface area (Å²) in [5.41, 5.74) is 5.10. The molecule has 4 nitrogen and oxygen atoms in total. The van der Waals surface area contributed by atoms with Gasteiger partial charge in [0.05, 0.1) is 19.8 Å². The van der Waals surface area contributed by atoms with Crippen LogP contribution in [-0.4, -0.2) is 37.9 Å². The second-order valence-corrected chi connectivity index (χ2v) is 2.95. The lowest BCUT2D eigenvalue weighted by molar-refractivity contribution is 0.0790. The van der Waals surface area contributed by atoms with Crippen LogP contribution in [0, 0.1) is 5.41 Å². The molecule has 0 fully saturated rings. The van der Waals surface area contributed by atoms with E-state index in [-0.39, 0.29) is 5.17 Å². The Bertz CT molecular complexity index is 111. The number of methoxy groups -OCH3 is 1. The third kappa shape index (κ3) is 9.74. The van der Waals surface area contributed by atoms with E-state index in [1.54, 1.807) is 7.11 Å². The average molecular weight is 178 g/mol. The molecule has 0 unspecified atom stereocenters. The van der Waals surface area contributed by atoms with Gasteiger partial charge >= 0.3 is 0 Å². The largest absolute Gasteiger partial charge is 0.382 e. The third-order valence-corrected chi connectivity index (χ3v) is 1.60. The SMILES string of the molecule is COCCOCCSC(=N)N. The molecular weight excluding hydrogens is 164 g/mol. The fraction of sp³-hybridized carbons (Fsp3) is 0.833. The third-order valence-electron chi connectivity index (χ3n) is 0.917. The summed E-state index contributed by atoms with van der Waals surface area (Å²) in [5.74, 6) is 0.735. The van der Waals surface area contributed by atoms with E-state index < -0.39 is 0 Å². The van der Waals surface area contributed by atoms with Gasteiger partial charge < -0.3 is 15.2 Å². The van der Waals surface area contributed by atoms with E-state index >= 15 is 0 Å². The molecule has 0 aliphatic carbocycles. The minimum Gasteiger partial charge on any atom is -0.382 e. The van der Waals surface area contributed by atoms with Crippen molar-refractivity contribution in [3.8, 4) is 0 Å². The van der Waals surface area contributed by atoms with Crippen LogP contribution in [-0.2, 0) is 9.47 Å². The Kier molecular flexibility index (Phi) is 7.66.